The van der Waals surface area contributed by atoms with Crippen LogP contribution in [0.15, 0.2) is 22.9 Å². The molecule has 2 heterocycles. The van der Waals surface area contributed by atoms with Crippen LogP contribution in [-0.2, 0) is 19.3 Å². The van der Waals surface area contributed by atoms with Gasteiger partial charge in [-0.1, -0.05) is 18.1 Å². The van der Waals surface area contributed by atoms with Crippen molar-refractivity contribution in [3.05, 3.63) is 41.3 Å². The van der Waals surface area contributed by atoms with Crippen molar-refractivity contribution >= 4 is 0 Å². The molecule has 0 amide bonds. The van der Waals surface area contributed by atoms with E-state index in [1.165, 1.54) is 0 Å². The Kier molecular flexibility index (Phi) is 3.70. The van der Waals surface area contributed by atoms with Gasteiger partial charge in [0, 0.05) is 23.7 Å². The van der Waals surface area contributed by atoms with Crippen LogP contribution in [-0.4, -0.2) is 21.0 Å². The molecule has 22 heavy (non-hydrogen) atoms. The van der Waals surface area contributed by atoms with E-state index in [9.17, 15) is 8.78 Å². The van der Waals surface area contributed by atoms with Gasteiger partial charge in [0.2, 0.25) is 5.89 Å². The number of rotatable bonds is 6. The zero-order valence-electron chi connectivity index (χ0n) is 12.8. The predicted molar refractivity (Wildman–Crippen MR) is 76.7 cm³/mol. The van der Waals surface area contributed by atoms with Crippen molar-refractivity contribution in [2.45, 2.75) is 51.9 Å². The highest BCUT2D eigenvalue weighted by molar-refractivity contribution is 5.16. The molecule has 3 rings (SSSR count). The summed E-state index contributed by atoms with van der Waals surface area (Å²) in [6.07, 6.45) is 4.38. The molecule has 0 radical (unpaired) electrons. The molecule has 0 aromatic carbocycles. The number of aryl methyl sites for hydroxylation is 1. The summed E-state index contributed by atoms with van der Waals surface area (Å²) in [7, 11) is 0. The maximum atomic E-state index is 13.6. The number of nitrogens with zero attached hydrogens (tertiary/aromatic N) is 3. The molecule has 6 heteroatoms. The van der Waals surface area contributed by atoms with Gasteiger partial charge < -0.3 is 4.52 Å². The molecule has 0 saturated heterocycles. The average molecular weight is 307 g/mol. The first-order valence-electron chi connectivity index (χ1n) is 7.55. The molecular weight excluding hydrogens is 288 g/mol. The Labute approximate surface area is 128 Å². The topological polar surface area (TPSA) is 51.8 Å². The molecule has 0 N–H and O–H groups in total. The Morgan fingerprint density at radius 2 is 2.09 bits per heavy atom. The lowest BCUT2D eigenvalue weighted by atomic mass is 9.95. The minimum Gasteiger partial charge on any atom is -0.339 e. The van der Waals surface area contributed by atoms with E-state index in [1.54, 1.807) is 0 Å². The van der Waals surface area contributed by atoms with Crippen molar-refractivity contribution in [2.24, 2.45) is 5.41 Å². The van der Waals surface area contributed by atoms with Crippen LogP contribution in [0.1, 0.15) is 49.7 Å². The molecule has 0 aliphatic heterocycles. The Morgan fingerprint density at radius 1 is 1.32 bits per heavy atom. The maximum absolute atomic E-state index is 13.6. The molecule has 0 atom stereocenters. The van der Waals surface area contributed by atoms with Crippen LogP contribution in [0.25, 0.3) is 0 Å². The second-order valence-corrected chi connectivity index (χ2v) is 6.14. The highest BCUT2D eigenvalue weighted by Crippen LogP contribution is 2.58. The highest BCUT2D eigenvalue weighted by atomic mass is 19.3. The van der Waals surface area contributed by atoms with Crippen molar-refractivity contribution in [2.75, 3.05) is 0 Å². The minimum absolute atomic E-state index is 0.169. The van der Waals surface area contributed by atoms with Gasteiger partial charge in [-0.15, -0.1) is 0 Å². The third-order valence-corrected chi connectivity index (χ3v) is 4.42. The molecule has 2 aromatic rings. The number of hydrogen-bond donors (Lipinski definition) is 0. The van der Waals surface area contributed by atoms with Gasteiger partial charge in [-0.05, 0) is 37.8 Å². The summed E-state index contributed by atoms with van der Waals surface area (Å²) in [4.78, 5) is 8.57. The third kappa shape index (κ3) is 3.00. The minimum atomic E-state index is -2.70. The molecule has 2 aromatic heterocycles. The Hall–Kier alpha value is -1.85. The normalized spacial score (nSPS) is 16.7. The van der Waals surface area contributed by atoms with Crippen molar-refractivity contribution in [3.8, 4) is 0 Å². The summed E-state index contributed by atoms with van der Waals surface area (Å²) in [5, 5.41) is 3.84. The number of alkyl halides is 2. The van der Waals surface area contributed by atoms with E-state index in [2.05, 4.69) is 22.0 Å². The molecule has 1 aliphatic rings. The van der Waals surface area contributed by atoms with Crippen molar-refractivity contribution < 1.29 is 13.3 Å². The Morgan fingerprint density at radius 3 is 2.64 bits per heavy atom. The van der Waals surface area contributed by atoms with E-state index in [0.29, 0.717) is 31.0 Å². The molecule has 1 aliphatic carbocycles. The fraction of sp³-hybridized carbons (Fsp3) is 0.562. The smallest absolute Gasteiger partial charge is 0.251 e. The van der Waals surface area contributed by atoms with Gasteiger partial charge in [0.25, 0.3) is 5.92 Å². The summed E-state index contributed by atoms with van der Waals surface area (Å²) in [5.74, 6) is -1.92. The molecular formula is C16H19F2N3O. The van der Waals surface area contributed by atoms with E-state index >= 15 is 0 Å². The summed E-state index contributed by atoms with van der Waals surface area (Å²) in [6.45, 7) is 3.04. The van der Waals surface area contributed by atoms with E-state index in [4.69, 9.17) is 4.52 Å². The SMILES string of the molecule is CCc1ccc(Cc2nc(CC3(C(C)(F)F)CC3)no2)nc1. The van der Waals surface area contributed by atoms with Gasteiger partial charge in [-0.3, -0.25) is 4.98 Å². The van der Waals surface area contributed by atoms with Crippen LogP contribution >= 0.6 is 0 Å². The predicted octanol–water partition coefficient (Wildman–Crippen LogP) is 3.60. The summed E-state index contributed by atoms with van der Waals surface area (Å²) < 4.78 is 32.3. The lowest BCUT2D eigenvalue weighted by Gasteiger charge is -2.20. The fourth-order valence-corrected chi connectivity index (χ4v) is 2.58. The van der Waals surface area contributed by atoms with E-state index in [-0.39, 0.29) is 6.42 Å². The van der Waals surface area contributed by atoms with Gasteiger partial charge in [0.15, 0.2) is 5.82 Å². The number of pyridine rings is 1. The van der Waals surface area contributed by atoms with Crippen molar-refractivity contribution in [3.63, 3.8) is 0 Å². The molecule has 1 saturated carbocycles. The van der Waals surface area contributed by atoms with Crippen molar-refractivity contribution in [1.82, 2.24) is 15.1 Å². The summed E-state index contributed by atoms with van der Waals surface area (Å²) in [6, 6.07) is 3.93. The standard InChI is InChI=1S/C16H19F2N3O/c1-3-11-4-5-12(19-10-11)8-14-20-13(21-22-14)9-16(6-7-16)15(2,17)18/h4-5,10H,3,6-9H2,1-2H3. The monoisotopic (exact) mass is 307 g/mol. The lowest BCUT2D eigenvalue weighted by Crippen LogP contribution is -2.28. The van der Waals surface area contributed by atoms with Gasteiger partial charge in [-0.2, -0.15) is 4.98 Å². The van der Waals surface area contributed by atoms with E-state index < -0.39 is 11.3 Å². The van der Waals surface area contributed by atoms with Crippen LogP contribution < -0.4 is 0 Å². The molecule has 4 nitrogen and oxygen atoms in total. The first kappa shape index (κ1) is 15.1. The van der Waals surface area contributed by atoms with Crippen LogP contribution in [0.4, 0.5) is 8.78 Å². The summed E-state index contributed by atoms with van der Waals surface area (Å²) in [5.41, 5.74) is 1.01. The molecule has 0 spiro atoms. The first-order chi connectivity index (χ1) is 10.4. The number of halogens is 2. The largest absolute Gasteiger partial charge is 0.339 e. The Balaban J connectivity index is 1.66. The van der Waals surface area contributed by atoms with Gasteiger partial charge in [-0.25, -0.2) is 8.78 Å². The summed E-state index contributed by atoms with van der Waals surface area (Å²) >= 11 is 0. The number of hydrogen-bond acceptors (Lipinski definition) is 4. The molecule has 0 bridgehead atoms. The van der Waals surface area contributed by atoms with Crippen LogP contribution in [0, 0.1) is 5.41 Å². The quantitative estimate of drug-likeness (QED) is 0.818. The fourth-order valence-electron chi connectivity index (χ4n) is 2.58. The zero-order valence-corrected chi connectivity index (χ0v) is 12.8. The second kappa shape index (κ2) is 5.41. The molecule has 0 unspecified atom stereocenters. The van der Waals surface area contributed by atoms with Crippen LogP contribution in [0.2, 0.25) is 0 Å². The van der Waals surface area contributed by atoms with Gasteiger partial charge in [0.05, 0.1) is 6.42 Å². The number of aromatic nitrogens is 3. The van der Waals surface area contributed by atoms with E-state index in [1.807, 2.05) is 18.3 Å². The highest BCUT2D eigenvalue weighted by Gasteiger charge is 2.59. The van der Waals surface area contributed by atoms with E-state index in [0.717, 1.165) is 24.6 Å². The second-order valence-electron chi connectivity index (χ2n) is 6.14. The average Bonchev–Trinajstić information content (AvgIpc) is 3.14. The van der Waals surface area contributed by atoms with Gasteiger partial charge >= 0.3 is 0 Å². The third-order valence-electron chi connectivity index (χ3n) is 4.42. The molecule has 1 fully saturated rings. The van der Waals surface area contributed by atoms with Crippen LogP contribution in [0.5, 0.6) is 0 Å². The molecule has 118 valence electrons. The first-order valence-corrected chi connectivity index (χ1v) is 7.55. The Bertz CT molecular complexity index is 642. The maximum Gasteiger partial charge on any atom is 0.251 e. The van der Waals surface area contributed by atoms with Crippen LogP contribution in [0.3, 0.4) is 0 Å². The lowest BCUT2D eigenvalue weighted by molar-refractivity contribution is -0.0551. The van der Waals surface area contributed by atoms with Crippen molar-refractivity contribution in [1.29, 1.82) is 0 Å². The van der Waals surface area contributed by atoms with Gasteiger partial charge in [0.1, 0.15) is 0 Å². The zero-order chi connectivity index (χ0) is 15.8.